The first-order valence-electron chi connectivity index (χ1n) is 8.47. The summed E-state index contributed by atoms with van der Waals surface area (Å²) in [5.41, 5.74) is 0. The van der Waals surface area contributed by atoms with Crippen LogP contribution in [0, 0.1) is 5.92 Å². The molecule has 21 heavy (non-hydrogen) atoms. The van der Waals surface area contributed by atoms with Crippen molar-refractivity contribution in [1.82, 2.24) is 14.7 Å². The quantitative estimate of drug-likeness (QED) is 0.809. The molecule has 2 saturated heterocycles. The minimum atomic E-state index is -0.187. The summed E-state index contributed by atoms with van der Waals surface area (Å²) in [4.78, 5) is 19.0. The van der Waals surface area contributed by atoms with E-state index >= 15 is 0 Å². The van der Waals surface area contributed by atoms with Gasteiger partial charge in [0.2, 0.25) is 5.91 Å². The van der Waals surface area contributed by atoms with Gasteiger partial charge in [0.25, 0.3) is 0 Å². The maximum absolute atomic E-state index is 12.3. The van der Waals surface area contributed by atoms with Crippen molar-refractivity contribution in [2.75, 3.05) is 52.9 Å². The summed E-state index contributed by atoms with van der Waals surface area (Å²) in [6, 6.07) is 0. The number of piperidine rings is 1. The van der Waals surface area contributed by atoms with Crippen LogP contribution in [0.4, 0.5) is 0 Å². The van der Waals surface area contributed by atoms with Crippen LogP contribution in [0.15, 0.2) is 0 Å². The zero-order valence-electron chi connectivity index (χ0n) is 13.6. The molecule has 2 heterocycles. The van der Waals surface area contributed by atoms with E-state index in [-0.39, 0.29) is 6.10 Å². The first-order valence-corrected chi connectivity index (χ1v) is 8.47. The third-order valence-electron chi connectivity index (χ3n) is 5.09. The monoisotopic (exact) mass is 297 g/mol. The van der Waals surface area contributed by atoms with Gasteiger partial charge in [-0.3, -0.25) is 4.79 Å². The van der Waals surface area contributed by atoms with Gasteiger partial charge in [-0.2, -0.15) is 0 Å². The summed E-state index contributed by atoms with van der Waals surface area (Å²) in [6.07, 6.45) is 3.18. The highest BCUT2D eigenvalue weighted by molar-refractivity contribution is 5.76. The molecule has 0 radical (unpaired) electrons. The molecule has 1 amide bonds. The van der Waals surface area contributed by atoms with E-state index in [1.807, 2.05) is 11.8 Å². The Morgan fingerprint density at radius 3 is 2.33 bits per heavy atom. The maximum atomic E-state index is 12.3. The van der Waals surface area contributed by atoms with E-state index in [0.717, 1.165) is 65.1 Å². The number of aliphatic hydroxyl groups excluding tert-OH is 1. The number of rotatable bonds is 5. The van der Waals surface area contributed by atoms with Gasteiger partial charge >= 0.3 is 0 Å². The number of likely N-dealkylation sites (tertiary alicyclic amines) is 1. The van der Waals surface area contributed by atoms with Crippen molar-refractivity contribution in [3.8, 4) is 0 Å². The molecular weight excluding hydrogens is 266 g/mol. The minimum absolute atomic E-state index is 0.187. The highest BCUT2D eigenvalue weighted by atomic mass is 16.3. The van der Waals surface area contributed by atoms with Crippen LogP contribution in [0.25, 0.3) is 0 Å². The van der Waals surface area contributed by atoms with Crippen LogP contribution in [0.1, 0.15) is 32.6 Å². The van der Waals surface area contributed by atoms with Crippen LogP contribution in [-0.2, 0) is 4.79 Å². The summed E-state index contributed by atoms with van der Waals surface area (Å²) in [5, 5.41) is 9.89. The number of amides is 1. The number of likely N-dealkylation sites (N-methyl/N-ethyl adjacent to an activating group) is 1. The van der Waals surface area contributed by atoms with Gasteiger partial charge in [0.15, 0.2) is 0 Å². The zero-order valence-corrected chi connectivity index (χ0v) is 13.6. The molecule has 0 aromatic rings. The van der Waals surface area contributed by atoms with E-state index in [1.165, 1.54) is 0 Å². The molecule has 0 aliphatic carbocycles. The fourth-order valence-electron chi connectivity index (χ4n) is 3.35. The van der Waals surface area contributed by atoms with E-state index in [9.17, 15) is 9.90 Å². The Morgan fingerprint density at radius 2 is 1.76 bits per heavy atom. The summed E-state index contributed by atoms with van der Waals surface area (Å²) in [6.45, 7) is 8.93. The summed E-state index contributed by atoms with van der Waals surface area (Å²) < 4.78 is 0. The van der Waals surface area contributed by atoms with Gasteiger partial charge < -0.3 is 19.8 Å². The van der Waals surface area contributed by atoms with Crippen LogP contribution >= 0.6 is 0 Å². The molecule has 0 bridgehead atoms. The summed E-state index contributed by atoms with van der Waals surface area (Å²) in [5.74, 6) is 0.676. The van der Waals surface area contributed by atoms with Gasteiger partial charge in [0.1, 0.15) is 0 Å². The lowest BCUT2D eigenvalue weighted by atomic mass is 9.90. The molecule has 0 saturated carbocycles. The molecule has 5 heteroatoms. The lowest BCUT2D eigenvalue weighted by Gasteiger charge is -2.35. The maximum Gasteiger partial charge on any atom is 0.223 e. The molecule has 2 rings (SSSR count). The van der Waals surface area contributed by atoms with Gasteiger partial charge in [-0.05, 0) is 32.2 Å². The molecule has 1 unspecified atom stereocenters. The molecule has 1 atom stereocenters. The van der Waals surface area contributed by atoms with Crippen molar-refractivity contribution >= 4 is 5.91 Å². The van der Waals surface area contributed by atoms with Crippen molar-refractivity contribution in [3.63, 3.8) is 0 Å². The second kappa shape index (κ2) is 8.11. The molecule has 122 valence electrons. The average molecular weight is 297 g/mol. The molecule has 2 aliphatic heterocycles. The van der Waals surface area contributed by atoms with Crippen molar-refractivity contribution in [1.29, 1.82) is 0 Å². The Hall–Kier alpha value is -0.650. The third-order valence-corrected chi connectivity index (χ3v) is 5.09. The number of hydrogen-bond donors (Lipinski definition) is 1. The van der Waals surface area contributed by atoms with Gasteiger partial charge in [-0.15, -0.1) is 0 Å². The molecule has 2 aliphatic rings. The smallest absolute Gasteiger partial charge is 0.223 e. The normalized spacial score (nSPS) is 24.2. The number of piperazine rings is 1. The van der Waals surface area contributed by atoms with Crippen LogP contribution in [0.5, 0.6) is 0 Å². The number of nitrogens with zero attached hydrogens (tertiary/aromatic N) is 3. The van der Waals surface area contributed by atoms with E-state index in [1.54, 1.807) is 0 Å². The SMILES string of the molecule is CCC(O)C1CCN(C(=O)CCN2CCN(C)CC2)CC1. The van der Waals surface area contributed by atoms with E-state index in [4.69, 9.17) is 0 Å². The molecule has 2 fully saturated rings. The predicted octanol–water partition coefficient (Wildman–Crippen LogP) is 0.633. The molecule has 5 nitrogen and oxygen atoms in total. The first kappa shape index (κ1) is 16.7. The standard InChI is InChI=1S/C16H31N3O2/c1-3-15(20)14-4-8-19(9-5-14)16(21)6-7-18-12-10-17(2)11-13-18/h14-15,20H,3-13H2,1-2H3. The largest absolute Gasteiger partial charge is 0.393 e. The molecule has 0 spiro atoms. The Morgan fingerprint density at radius 1 is 1.14 bits per heavy atom. The minimum Gasteiger partial charge on any atom is -0.393 e. The van der Waals surface area contributed by atoms with Crippen LogP contribution < -0.4 is 0 Å². The summed E-state index contributed by atoms with van der Waals surface area (Å²) >= 11 is 0. The van der Waals surface area contributed by atoms with Gasteiger partial charge in [-0.25, -0.2) is 0 Å². The number of hydrogen-bond acceptors (Lipinski definition) is 4. The zero-order chi connectivity index (χ0) is 15.2. The Kier molecular flexibility index (Phi) is 6.45. The van der Waals surface area contributed by atoms with Crippen LogP contribution in [0.2, 0.25) is 0 Å². The topological polar surface area (TPSA) is 47.0 Å². The second-order valence-electron chi connectivity index (χ2n) is 6.59. The highest BCUT2D eigenvalue weighted by Crippen LogP contribution is 2.22. The lowest BCUT2D eigenvalue weighted by Crippen LogP contribution is -2.46. The number of aliphatic hydroxyl groups is 1. The summed E-state index contributed by atoms with van der Waals surface area (Å²) in [7, 11) is 2.15. The van der Waals surface area contributed by atoms with E-state index < -0.39 is 0 Å². The highest BCUT2D eigenvalue weighted by Gasteiger charge is 2.26. The first-order chi connectivity index (χ1) is 10.1. The Bertz CT molecular complexity index is 321. The lowest BCUT2D eigenvalue weighted by molar-refractivity contribution is -0.133. The van der Waals surface area contributed by atoms with Crippen molar-refractivity contribution in [2.45, 2.75) is 38.7 Å². The molecular formula is C16H31N3O2. The van der Waals surface area contributed by atoms with Gasteiger partial charge in [-0.1, -0.05) is 6.92 Å². The van der Waals surface area contributed by atoms with E-state index in [2.05, 4.69) is 16.8 Å². The van der Waals surface area contributed by atoms with Crippen molar-refractivity contribution < 1.29 is 9.90 Å². The Balaban J connectivity index is 1.65. The fraction of sp³-hybridized carbons (Fsp3) is 0.938. The molecule has 0 aromatic carbocycles. The van der Waals surface area contributed by atoms with Crippen LogP contribution in [0.3, 0.4) is 0 Å². The van der Waals surface area contributed by atoms with Crippen LogP contribution in [-0.4, -0.2) is 84.7 Å². The Labute approximate surface area is 128 Å². The third kappa shape index (κ3) is 4.94. The van der Waals surface area contributed by atoms with Gasteiger partial charge in [0.05, 0.1) is 6.10 Å². The molecule has 1 N–H and O–H groups in total. The van der Waals surface area contributed by atoms with Crippen molar-refractivity contribution in [2.24, 2.45) is 5.92 Å². The second-order valence-corrected chi connectivity index (χ2v) is 6.59. The van der Waals surface area contributed by atoms with Gasteiger partial charge in [0, 0.05) is 52.2 Å². The number of carbonyl (C=O) groups excluding carboxylic acids is 1. The van der Waals surface area contributed by atoms with Crippen molar-refractivity contribution in [3.05, 3.63) is 0 Å². The average Bonchev–Trinajstić information content (AvgIpc) is 2.53. The predicted molar refractivity (Wildman–Crippen MR) is 84.2 cm³/mol. The van der Waals surface area contributed by atoms with E-state index in [0.29, 0.717) is 18.2 Å². The molecule has 0 aromatic heterocycles. The number of carbonyl (C=O) groups is 1. The fourth-order valence-corrected chi connectivity index (χ4v) is 3.35.